The van der Waals surface area contributed by atoms with E-state index in [-0.39, 0.29) is 17.3 Å². The Morgan fingerprint density at radius 1 is 1.50 bits per heavy atom. The Labute approximate surface area is 94.6 Å². The van der Waals surface area contributed by atoms with Crippen LogP contribution in [0.1, 0.15) is 44.3 Å². The zero-order valence-electron chi connectivity index (χ0n) is 9.60. The van der Waals surface area contributed by atoms with Crippen molar-refractivity contribution < 1.29 is 4.52 Å². The van der Waals surface area contributed by atoms with Crippen molar-refractivity contribution in [1.29, 1.82) is 5.26 Å². The molecule has 2 fully saturated rings. The number of rotatable bonds is 3. The monoisotopic (exact) mass is 217 g/mol. The highest BCUT2D eigenvalue weighted by Crippen LogP contribution is 2.63. The van der Waals surface area contributed by atoms with E-state index in [1.165, 1.54) is 12.8 Å². The summed E-state index contributed by atoms with van der Waals surface area (Å²) in [6, 6.07) is 2.31. The first-order valence-electron chi connectivity index (χ1n) is 5.85. The van der Waals surface area contributed by atoms with Gasteiger partial charge in [0.1, 0.15) is 0 Å². The SMILES string of the molecule is CC1(C)C(C#N)C1c1nc(CC2CC2)no1. The van der Waals surface area contributed by atoms with Crippen molar-refractivity contribution in [2.45, 2.75) is 39.0 Å². The van der Waals surface area contributed by atoms with E-state index >= 15 is 0 Å². The molecule has 16 heavy (non-hydrogen) atoms. The van der Waals surface area contributed by atoms with Crippen molar-refractivity contribution in [3.8, 4) is 6.07 Å². The maximum Gasteiger partial charge on any atom is 0.231 e. The minimum atomic E-state index is -0.00185. The fourth-order valence-corrected chi connectivity index (χ4v) is 2.40. The van der Waals surface area contributed by atoms with Crippen LogP contribution >= 0.6 is 0 Å². The van der Waals surface area contributed by atoms with Gasteiger partial charge in [-0.2, -0.15) is 10.2 Å². The van der Waals surface area contributed by atoms with E-state index in [1.807, 2.05) is 0 Å². The van der Waals surface area contributed by atoms with Gasteiger partial charge in [0.15, 0.2) is 5.82 Å². The second kappa shape index (κ2) is 3.07. The molecule has 3 rings (SSSR count). The Bertz CT molecular complexity index is 453. The zero-order valence-corrected chi connectivity index (χ0v) is 9.60. The van der Waals surface area contributed by atoms with Gasteiger partial charge in [0, 0.05) is 6.42 Å². The lowest BCUT2D eigenvalue weighted by molar-refractivity contribution is 0.362. The average Bonchev–Trinajstić information content (AvgIpc) is 3.06. The third kappa shape index (κ3) is 1.42. The molecule has 0 aromatic carbocycles. The summed E-state index contributed by atoms with van der Waals surface area (Å²) in [5.74, 6) is 2.41. The van der Waals surface area contributed by atoms with Crippen LogP contribution in [-0.4, -0.2) is 10.1 Å². The van der Waals surface area contributed by atoms with Crippen molar-refractivity contribution >= 4 is 0 Å². The first kappa shape index (κ1) is 9.83. The van der Waals surface area contributed by atoms with Crippen LogP contribution in [-0.2, 0) is 6.42 Å². The topological polar surface area (TPSA) is 62.7 Å². The lowest BCUT2D eigenvalue weighted by atomic mass is 10.1. The van der Waals surface area contributed by atoms with E-state index in [2.05, 4.69) is 30.1 Å². The second-order valence-corrected chi connectivity index (χ2v) is 5.60. The van der Waals surface area contributed by atoms with Gasteiger partial charge in [0.2, 0.25) is 5.89 Å². The molecule has 2 saturated carbocycles. The van der Waals surface area contributed by atoms with E-state index in [0.29, 0.717) is 5.89 Å². The number of aromatic nitrogens is 2. The Morgan fingerprint density at radius 3 is 2.81 bits per heavy atom. The molecule has 4 heteroatoms. The van der Waals surface area contributed by atoms with Crippen molar-refractivity contribution in [2.75, 3.05) is 0 Å². The molecule has 2 aliphatic rings. The normalized spacial score (nSPS) is 31.1. The van der Waals surface area contributed by atoms with Gasteiger partial charge in [-0.1, -0.05) is 19.0 Å². The largest absolute Gasteiger partial charge is 0.339 e. The van der Waals surface area contributed by atoms with Gasteiger partial charge in [-0.25, -0.2) is 0 Å². The molecular weight excluding hydrogens is 202 g/mol. The highest BCUT2D eigenvalue weighted by Gasteiger charge is 2.62. The van der Waals surface area contributed by atoms with E-state index in [9.17, 15) is 0 Å². The molecule has 0 aliphatic heterocycles. The summed E-state index contributed by atoms with van der Waals surface area (Å²) in [6.07, 6.45) is 3.52. The van der Waals surface area contributed by atoms with Crippen LogP contribution in [0.3, 0.4) is 0 Å². The lowest BCUT2D eigenvalue weighted by Gasteiger charge is -1.95. The average molecular weight is 217 g/mol. The van der Waals surface area contributed by atoms with Gasteiger partial charge in [0.25, 0.3) is 0 Å². The summed E-state index contributed by atoms with van der Waals surface area (Å²) in [5, 5.41) is 13.0. The molecule has 0 radical (unpaired) electrons. The van der Waals surface area contributed by atoms with Crippen LogP contribution in [0.4, 0.5) is 0 Å². The summed E-state index contributed by atoms with van der Waals surface area (Å²) < 4.78 is 5.27. The van der Waals surface area contributed by atoms with Gasteiger partial charge in [-0.15, -0.1) is 0 Å². The predicted octanol–water partition coefficient (Wildman–Crippen LogP) is 2.29. The molecule has 2 aliphatic carbocycles. The van der Waals surface area contributed by atoms with Gasteiger partial charge in [0.05, 0.1) is 17.9 Å². The van der Waals surface area contributed by atoms with Crippen LogP contribution in [0.5, 0.6) is 0 Å². The van der Waals surface area contributed by atoms with Crippen LogP contribution in [0.25, 0.3) is 0 Å². The standard InChI is InChI=1S/C12H15N3O/c1-12(2)8(6-13)10(12)11-14-9(15-16-11)5-7-3-4-7/h7-8,10H,3-5H2,1-2H3. The van der Waals surface area contributed by atoms with Crippen LogP contribution < -0.4 is 0 Å². The molecule has 2 atom stereocenters. The summed E-state index contributed by atoms with van der Waals surface area (Å²) in [4.78, 5) is 4.42. The minimum Gasteiger partial charge on any atom is -0.339 e. The van der Waals surface area contributed by atoms with Crippen molar-refractivity contribution in [1.82, 2.24) is 10.1 Å². The fraction of sp³-hybridized carbons (Fsp3) is 0.750. The molecule has 84 valence electrons. The summed E-state index contributed by atoms with van der Waals surface area (Å²) in [5.41, 5.74) is -0.00185. The van der Waals surface area contributed by atoms with Crippen molar-refractivity contribution in [3.05, 3.63) is 11.7 Å². The second-order valence-electron chi connectivity index (χ2n) is 5.60. The molecule has 0 bridgehead atoms. The van der Waals surface area contributed by atoms with Crippen LogP contribution in [0.2, 0.25) is 0 Å². The Morgan fingerprint density at radius 2 is 2.25 bits per heavy atom. The molecule has 1 heterocycles. The highest BCUT2D eigenvalue weighted by atomic mass is 16.5. The molecule has 1 aromatic heterocycles. The first-order chi connectivity index (χ1) is 7.63. The number of nitriles is 1. The summed E-state index contributed by atoms with van der Waals surface area (Å²) >= 11 is 0. The van der Waals surface area contributed by atoms with E-state index in [0.717, 1.165) is 18.2 Å². The minimum absolute atomic E-state index is 0.00185. The molecular formula is C12H15N3O. The molecule has 0 N–H and O–H groups in total. The van der Waals surface area contributed by atoms with Gasteiger partial charge in [-0.3, -0.25) is 0 Å². The third-order valence-corrected chi connectivity index (χ3v) is 3.88. The Balaban J connectivity index is 1.76. The quantitative estimate of drug-likeness (QED) is 0.779. The van der Waals surface area contributed by atoms with E-state index in [1.54, 1.807) is 0 Å². The van der Waals surface area contributed by atoms with Gasteiger partial charge >= 0.3 is 0 Å². The molecule has 0 amide bonds. The molecule has 0 saturated heterocycles. The van der Waals surface area contributed by atoms with E-state index in [4.69, 9.17) is 9.78 Å². The summed E-state index contributed by atoms with van der Waals surface area (Å²) in [7, 11) is 0. The maximum atomic E-state index is 9.00. The van der Waals surface area contributed by atoms with Gasteiger partial charge < -0.3 is 4.52 Å². The number of nitrogens with zero attached hydrogens (tertiary/aromatic N) is 3. The van der Waals surface area contributed by atoms with Gasteiger partial charge in [-0.05, 0) is 24.2 Å². The maximum absolute atomic E-state index is 9.00. The van der Waals surface area contributed by atoms with Crippen molar-refractivity contribution in [3.63, 3.8) is 0 Å². The Kier molecular flexibility index (Phi) is 1.88. The Hall–Kier alpha value is -1.37. The molecule has 0 spiro atoms. The highest BCUT2D eigenvalue weighted by molar-refractivity contribution is 5.26. The first-order valence-corrected chi connectivity index (χ1v) is 5.85. The molecule has 1 aromatic rings. The van der Waals surface area contributed by atoms with Crippen LogP contribution in [0, 0.1) is 28.6 Å². The molecule has 2 unspecified atom stereocenters. The number of hydrogen-bond donors (Lipinski definition) is 0. The molecule has 4 nitrogen and oxygen atoms in total. The fourth-order valence-electron chi connectivity index (χ4n) is 2.40. The van der Waals surface area contributed by atoms with E-state index < -0.39 is 0 Å². The van der Waals surface area contributed by atoms with Crippen molar-refractivity contribution in [2.24, 2.45) is 17.3 Å². The van der Waals surface area contributed by atoms with Crippen LogP contribution in [0.15, 0.2) is 4.52 Å². The predicted molar refractivity (Wildman–Crippen MR) is 56.4 cm³/mol. The third-order valence-electron chi connectivity index (χ3n) is 3.88. The number of hydrogen-bond acceptors (Lipinski definition) is 4. The zero-order chi connectivity index (χ0) is 11.3. The lowest BCUT2D eigenvalue weighted by Crippen LogP contribution is -1.92. The summed E-state index contributed by atoms with van der Waals surface area (Å²) in [6.45, 7) is 4.16. The smallest absolute Gasteiger partial charge is 0.231 e.